The maximum Gasteiger partial charge on any atom is 0.406 e. The van der Waals surface area contributed by atoms with Gasteiger partial charge in [0.25, 0.3) is 0 Å². The van der Waals surface area contributed by atoms with Crippen LogP contribution >= 0.6 is 0 Å². The van der Waals surface area contributed by atoms with E-state index >= 15 is 0 Å². The van der Waals surface area contributed by atoms with E-state index in [4.69, 9.17) is 0 Å². The SMILES string of the molecule is O=S(=O)(CC(F)(F)F)Oc1cccc2ccccc12. The molecular weight excluding hydrogens is 281 g/mol. The molecule has 0 aromatic heterocycles. The van der Waals surface area contributed by atoms with Crippen LogP contribution in [0.3, 0.4) is 0 Å². The normalized spacial score (nSPS) is 12.6. The smallest absolute Gasteiger partial charge is 0.382 e. The van der Waals surface area contributed by atoms with Crippen LogP contribution in [0, 0.1) is 0 Å². The topological polar surface area (TPSA) is 43.4 Å². The van der Waals surface area contributed by atoms with Crippen molar-refractivity contribution in [3.05, 3.63) is 42.5 Å². The number of rotatable bonds is 3. The maximum atomic E-state index is 12.1. The third-order valence-corrected chi connectivity index (χ3v) is 3.42. The Hall–Kier alpha value is -1.76. The first-order chi connectivity index (χ1) is 8.77. The van der Waals surface area contributed by atoms with Crippen LogP contribution in [0.4, 0.5) is 13.2 Å². The second-order valence-corrected chi connectivity index (χ2v) is 5.45. The van der Waals surface area contributed by atoms with Gasteiger partial charge in [-0.25, -0.2) is 0 Å². The van der Waals surface area contributed by atoms with Gasteiger partial charge >= 0.3 is 16.3 Å². The van der Waals surface area contributed by atoms with E-state index in [0.29, 0.717) is 10.8 Å². The van der Waals surface area contributed by atoms with Gasteiger partial charge in [-0.3, -0.25) is 0 Å². The fourth-order valence-corrected chi connectivity index (χ4v) is 2.51. The van der Waals surface area contributed by atoms with E-state index in [0.717, 1.165) is 0 Å². The zero-order valence-corrected chi connectivity index (χ0v) is 10.3. The third-order valence-electron chi connectivity index (χ3n) is 2.31. The van der Waals surface area contributed by atoms with Gasteiger partial charge in [0.1, 0.15) is 5.75 Å². The molecule has 7 heteroatoms. The van der Waals surface area contributed by atoms with E-state index < -0.39 is 22.0 Å². The Morgan fingerprint density at radius 2 is 1.63 bits per heavy atom. The van der Waals surface area contributed by atoms with Crippen LogP contribution < -0.4 is 4.18 Å². The van der Waals surface area contributed by atoms with Gasteiger partial charge in [0.2, 0.25) is 0 Å². The molecule has 0 aliphatic heterocycles. The van der Waals surface area contributed by atoms with Crippen LogP contribution in [0.2, 0.25) is 0 Å². The molecule has 2 aromatic rings. The van der Waals surface area contributed by atoms with E-state index in [1.165, 1.54) is 12.1 Å². The van der Waals surface area contributed by atoms with Gasteiger partial charge in [0.05, 0.1) is 0 Å². The van der Waals surface area contributed by atoms with Crippen molar-refractivity contribution in [3.8, 4) is 5.75 Å². The second-order valence-electron chi connectivity index (χ2n) is 3.88. The van der Waals surface area contributed by atoms with Gasteiger partial charge in [0, 0.05) is 5.39 Å². The molecule has 0 saturated heterocycles. The maximum absolute atomic E-state index is 12.1. The van der Waals surface area contributed by atoms with E-state index in [-0.39, 0.29) is 5.75 Å². The fourth-order valence-electron chi connectivity index (χ4n) is 1.64. The Kier molecular flexibility index (Phi) is 3.40. The molecule has 0 amide bonds. The molecule has 0 atom stereocenters. The van der Waals surface area contributed by atoms with Gasteiger partial charge in [-0.1, -0.05) is 36.4 Å². The minimum Gasteiger partial charge on any atom is -0.382 e. The van der Waals surface area contributed by atoms with E-state index in [2.05, 4.69) is 4.18 Å². The molecule has 3 nitrogen and oxygen atoms in total. The molecule has 2 rings (SSSR count). The van der Waals surface area contributed by atoms with Gasteiger partial charge < -0.3 is 4.18 Å². The number of alkyl halides is 3. The van der Waals surface area contributed by atoms with Crippen molar-refractivity contribution in [1.82, 2.24) is 0 Å². The minimum absolute atomic E-state index is 0.109. The molecule has 0 bridgehead atoms. The summed E-state index contributed by atoms with van der Waals surface area (Å²) in [7, 11) is -4.71. The number of hydrogen-bond acceptors (Lipinski definition) is 3. The summed E-state index contributed by atoms with van der Waals surface area (Å²) in [5, 5.41) is 1.12. The van der Waals surface area contributed by atoms with Crippen LogP contribution in [0.25, 0.3) is 10.8 Å². The summed E-state index contributed by atoms with van der Waals surface area (Å²) in [4.78, 5) is 0. The zero-order chi connectivity index (χ0) is 14.1. The molecule has 0 spiro atoms. The van der Waals surface area contributed by atoms with E-state index in [9.17, 15) is 21.6 Å². The van der Waals surface area contributed by atoms with E-state index in [1.807, 2.05) is 0 Å². The number of halogens is 3. The predicted octanol–water partition coefficient (Wildman–Crippen LogP) is 3.11. The Labute approximate surface area is 107 Å². The van der Waals surface area contributed by atoms with E-state index in [1.54, 1.807) is 30.3 Å². The Morgan fingerprint density at radius 3 is 2.32 bits per heavy atom. The largest absolute Gasteiger partial charge is 0.406 e. The molecule has 19 heavy (non-hydrogen) atoms. The third kappa shape index (κ3) is 3.60. The summed E-state index contributed by atoms with van der Waals surface area (Å²) in [6.07, 6.45) is -4.83. The molecule has 0 radical (unpaired) electrons. The molecule has 0 aliphatic carbocycles. The van der Waals surface area contributed by atoms with Gasteiger partial charge in [-0.2, -0.15) is 21.6 Å². The lowest BCUT2D eigenvalue weighted by Crippen LogP contribution is -2.26. The highest BCUT2D eigenvalue weighted by Crippen LogP contribution is 2.27. The van der Waals surface area contributed by atoms with Gasteiger partial charge in [-0.15, -0.1) is 0 Å². The van der Waals surface area contributed by atoms with Crippen molar-refractivity contribution in [2.24, 2.45) is 0 Å². The molecule has 2 aromatic carbocycles. The summed E-state index contributed by atoms with van der Waals surface area (Å²) in [6.45, 7) is 0. The molecule has 0 unspecified atom stereocenters. The first-order valence-corrected chi connectivity index (χ1v) is 6.81. The molecular formula is C12H9F3O3S. The van der Waals surface area contributed by atoms with Crippen LogP contribution in [0.1, 0.15) is 0 Å². The number of fused-ring (bicyclic) bond motifs is 1. The van der Waals surface area contributed by atoms with Crippen LogP contribution in [-0.4, -0.2) is 20.3 Å². The zero-order valence-electron chi connectivity index (χ0n) is 9.52. The molecule has 0 saturated carbocycles. The van der Waals surface area contributed by atoms with Crippen LogP contribution in [-0.2, 0) is 10.1 Å². The van der Waals surface area contributed by atoms with Crippen molar-refractivity contribution in [2.45, 2.75) is 6.18 Å². The summed E-state index contributed by atoms with van der Waals surface area (Å²) in [5.74, 6) is -2.12. The van der Waals surface area contributed by atoms with Gasteiger partial charge in [-0.05, 0) is 11.5 Å². The summed E-state index contributed by atoms with van der Waals surface area (Å²) < 4.78 is 63.5. The fraction of sp³-hybridized carbons (Fsp3) is 0.167. The van der Waals surface area contributed by atoms with Gasteiger partial charge in [0.15, 0.2) is 5.75 Å². The lowest BCUT2D eigenvalue weighted by Gasteiger charge is -2.11. The standard InChI is InChI=1S/C12H9F3O3S/c13-12(14,15)8-19(16,17)18-11-7-3-5-9-4-1-2-6-10(9)11/h1-7H,8H2. The average molecular weight is 290 g/mol. The number of hydrogen-bond donors (Lipinski definition) is 0. The Morgan fingerprint density at radius 1 is 1.00 bits per heavy atom. The van der Waals surface area contributed by atoms with Crippen molar-refractivity contribution in [2.75, 3.05) is 5.75 Å². The van der Waals surface area contributed by atoms with Crippen LogP contribution in [0.5, 0.6) is 5.75 Å². The highest BCUT2D eigenvalue weighted by Gasteiger charge is 2.36. The van der Waals surface area contributed by atoms with Crippen molar-refractivity contribution in [1.29, 1.82) is 0 Å². The summed E-state index contributed by atoms with van der Waals surface area (Å²) >= 11 is 0. The average Bonchev–Trinajstić information content (AvgIpc) is 2.25. The quantitative estimate of drug-likeness (QED) is 0.816. The highest BCUT2D eigenvalue weighted by atomic mass is 32.2. The molecule has 0 aliphatic rings. The molecule has 0 heterocycles. The van der Waals surface area contributed by atoms with Crippen molar-refractivity contribution >= 4 is 20.9 Å². The lowest BCUT2D eigenvalue weighted by molar-refractivity contribution is -0.107. The lowest BCUT2D eigenvalue weighted by atomic mass is 10.1. The second kappa shape index (κ2) is 4.73. The molecule has 0 fully saturated rings. The van der Waals surface area contributed by atoms with Crippen LogP contribution in [0.15, 0.2) is 42.5 Å². The van der Waals surface area contributed by atoms with Crippen molar-refractivity contribution in [3.63, 3.8) is 0 Å². The predicted molar refractivity (Wildman–Crippen MR) is 64.4 cm³/mol. The number of benzene rings is 2. The minimum atomic E-state index is -4.83. The molecule has 102 valence electrons. The first-order valence-electron chi connectivity index (χ1n) is 5.23. The summed E-state index contributed by atoms with van der Waals surface area (Å²) in [6, 6.07) is 11.2. The summed E-state index contributed by atoms with van der Waals surface area (Å²) in [5.41, 5.74) is 0. The highest BCUT2D eigenvalue weighted by molar-refractivity contribution is 7.87. The first kappa shape index (κ1) is 13.7. The molecule has 0 N–H and O–H groups in total. The monoisotopic (exact) mass is 290 g/mol. The van der Waals surface area contributed by atoms with Crippen molar-refractivity contribution < 1.29 is 25.8 Å². The Bertz CT molecular complexity index is 687. The Balaban J connectivity index is 2.37.